The topological polar surface area (TPSA) is 127 Å². The highest BCUT2D eigenvalue weighted by atomic mass is 32.2. The van der Waals surface area contributed by atoms with Crippen LogP contribution in [0.2, 0.25) is 0 Å². The molecule has 4 aromatic rings. The van der Waals surface area contributed by atoms with E-state index in [-0.39, 0.29) is 18.8 Å². The molecule has 3 N–H and O–H groups in total. The van der Waals surface area contributed by atoms with Crippen LogP contribution in [0.1, 0.15) is 53.2 Å². The number of pyridine rings is 1. The van der Waals surface area contributed by atoms with Gasteiger partial charge in [-0.25, -0.2) is 18.1 Å². The van der Waals surface area contributed by atoms with Crippen LogP contribution in [0, 0.1) is 6.92 Å². The fourth-order valence-corrected chi connectivity index (χ4v) is 5.59. The van der Waals surface area contributed by atoms with Gasteiger partial charge in [-0.15, -0.1) is 0 Å². The summed E-state index contributed by atoms with van der Waals surface area (Å²) in [6.45, 7) is 2.41. The molecule has 2 aromatic heterocycles. The summed E-state index contributed by atoms with van der Waals surface area (Å²) >= 11 is 0. The predicted octanol–water partition coefficient (Wildman–Crippen LogP) is 4.75. The van der Waals surface area contributed by atoms with Crippen LogP contribution in [0.3, 0.4) is 0 Å². The van der Waals surface area contributed by atoms with Crippen molar-refractivity contribution in [2.75, 3.05) is 24.7 Å². The fraction of sp³-hybridized carbons (Fsp3) is 0.345. The quantitative estimate of drug-likeness (QED) is 0.238. The molecule has 0 aliphatic heterocycles. The van der Waals surface area contributed by atoms with Crippen molar-refractivity contribution in [2.24, 2.45) is 7.05 Å². The first-order valence-electron chi connectivity index (χ1n) is 13.4. The lowest BCUT2D eigenvalue weighted by atomic mass is 9.93. The number of nitrogens with zero attached hydrogens (tertiary/aromatic N) is 3. The Labute approximate surface area is 234 Å². The van der Waals surface area contributed by atoms with Crippen LogP contribution in [0.25, 0.3) is 11.0 Å². The van der Waals surface area contributed by atoms with Gasteiger partial charge in [0.15, 0.2) is 0 Å². The maximum atomic E-state index is 12.4. The molecule has 11 heteroatoms. The van der Waals surface area contributed by atoms with Crippen molar-refractivity contribution in [3.8, 4) is 11.5 Å². The van der Waals surface area contributed by atoms with E-state index in [1.54, 1.807) is 6.07 Å². The number of ether oxygens (including phenoxy) is 1. The van der Waals surface area contributed by atoms with Gasteiger partial charge in [0, 0.05) is 44.2 Å². The molecule has 5 rings (SSSR count). The summed E-state index contributed by atoms with van der Waals surface area (Å²) in [6.07, 6.45) is 7.67. The van der Waals surface area contributed by atoms with E-state index < -0.39 is 15.9 Å². The number of carbonyl (C=O) groups is 1. The molecule has 0 atom stereocenters. The minimum Gasteiger partial charge on any atom is -0.457 e. The highest BCUT2D eigenvalue weighted by molar-refractivity contribution is 7.88. The van der Waals surface area contributed by atoms with Crippen molar-refractivity contribution in [3.05, 3.63) is 71.5 Å². The number of benzene rings is 2. The highest BCUT2D eigenvalue weighted by Gasteiger charge is 2.19. The predicted molar refractivity (Wildman–Crippen MR) is 156 cm³/mol. The van der Waals surface area contributed by atoms with Crippen LogP contribution in [-0.4, -0.2) is 48.2 Å². The molecular weight excluding hydrogens is 528 g/mol. The Hall–Kier alpha value is -3.96. The van der Waals surface area contributed by atoms with Crippen LogP contribution >= 0.6 is 0 Å². The van der Waals surface area contributed by atoms with E-state index in [0.717, 1.165) is 28.9 Å². The number of anilines is 2. The molecule has 1 aliphatic rings. The SMILES string of the molecule is Cc1ccc(Nc2nc3cc(Oc4ccnc(C(=O)NCCNS(C)(=O)=O)c4)ccc3n2C)cc1C1CCCC1. The second-order valence-corrected chi connectivity index (χ2v) is 12.1. The molecule has 1 fully saturated rings. The van der Waals surface area contributed by atoms with Gasteiger partial charge in [-0.1, -0.05) is 18.9 Å². The van der Waals surface area contributed by atoms with Gasteiger partial charge < -0.3 is 19.9 Å². The third-order valence-corrected chi connectivity index (χ3v) is 7.89. The van der Waals surface area contributed by atoms with Crippen LogP contribution in [0.15, 0.2) is 54.7 Å². The Morgan fingerprint density at radius 2 is 1.82 bits per heavy atom. The van der Waals surface area contributed by atoms with E-state index in [4.69, 9.17) is 9.72 Å². The Kier molecular flexibility index (Phi) is 8.04. The number of carbonyl (C=O) groups excluding carboxylic acids is 1. The normalized spacial score (nSPS) is 14.0. The molecule has 210 valence electrons. The summed E-state index contributed by atoms with van der Waals surface area (Å²) < 4.78 is 32.7. The van der Waals surface area contributed by atoms with E-state index in [9.17, 15) is 13.2 Å². The average Bonchev–Trinajstić information content (AvgIpc) is 3.56. The molecule has 0 unspecified atom stereocenters. The number of fused-ring (bicyclic) bond motifs is 1. The van der Waals surface area contributed by atoms with Gasteiger partial charge in [0.2, 0.25) is 16.0 Å². The van der Waals surface area contributed by atoms with Gasteiger partial charge in [0.25, 0.3) is 5.91 Å². The van der Waals surface area contributed by atoms with Crippen molar-refractivity contribution in [3.63, 3.8) is 0 Å². The van der Waals surface area contributed by atoms with Crippen LogP contribution in [-0.2, 0) is 17.1 Å². The van der Waals surface area contributed by atoms with Crippen molar-refractivity contribution in [1.82, 2.24) is 24.6 Å². The molecule has 40 heavy (non-hydrogen) atoms. The number of sulfonamides is 1. The molecule has 1 amide bonds. The van der Waals surface area contributed by atoms with E-state index in [0.29, 0.717) is 17.4 Å². The number of nitrogens with one attached hydrogen (secondary N) is 3. The number of amides is 1. The Morgan fingerprint density at radius 3 is 2.60 bits per heavy atom. The zero-order chi connectivity index (χ0) is 28.3. The maximum absolute atomic E-state index is 12.4. The van der Waals surface area contributed by atoms with Gasteiger partial charge in [0.1, 0.15) is 17.2 Å². The molecule has 0 saturated heterocycles. The number of aryl methyl sites for hydroxylation is 2. The number of hydrogen-bond acceptors (Lipinski definition) is 7. The monoisotopic (exact) mass is 562 g/mol. The molecule has 10 nitrogen and oxygen atoms in total. The largest absolute Gasteiger partial charge is 0.457 e. The number of aromatic nitrogens is 3. The Balaban J connectivity index is 1.28. The van der Waals surface area contributed by atoms with Crippen molar-refractivity contribution in [2.45, 2.75) is 38.5 Å². The van der Waals surface area contributed by atoms with Crippen LogP contribution < -0.4 is 20.1 Å². The fourth-order valence-electron chi connectivity index (χ4n) is 5.12. The molecule has 1 saturated carbocycles. The van der Waals surface area contributed by atoms with Crippen LogP contribution in [0.5, 0.6) is 11.5 Å². The lowest BCUT2D eigenvalue weighted by molar-refractivity contribution is 0.0949. The minimum atomic E-state index is -3.32. The summed E-state index contributed by atoms with van der Waals surface area (Å²) in [5.41, 5.74) is 5.68. The number of imidazole rings is 1. The van der Waals surface area contributed by atoms with E-state index >= 15 is 0 Å². The third kappa shape index (κ3) is 6.60. The first-order valence-corrected chi connectivity index (χ1v) is 15.3. The van der Waals surface area contributed by atoms with Crippen molar-refractivity contribution >= 4 is 38.6 Å². The highest BCUT2D eigenvalue weighted by Crippen LogP contribution is 2.37. The Morgan fingerprint density at radius 1 is 1.05 bits per heavy atom. The third-order valence-electron chi connectivity index (χ3n) is 7.16. The standard InChI is InChI=1S/C29H34N6O4S/c1-19-8-9-21(16-24(19)20-6-4-5-7-20)33-29-34-25-17-22(10-11-27(25)35(29)2)39-23-12-13-30-26(18-23)28(36)31-14-15-32-40(3,37)38/h8-13,16-18,20,32H,4-7,14-15H2,1-3H3,(H,31,36)(H,33,34). The molecule has 2 aromatic carbocycles. The smallest absolute Gasteiger partial charge is 0.270 e. The van der Waals surface area contributed by atoms with Gasteiger partial charge in [-0.2, -0.15) is 0 Å². The second-order valence-electron chi connectivity index (χ2n) is 10.2. The first kappa shape index (κ1) is 27.6. The van der Waals surface area contributed by atoms with Crippen molar-refractivity contribution in [1.29, 1.82) is 0 Å². The Bertz CT molecular complexity index is 1640. The maximum Gasteiger partial charge on any atom is 0.270 e. The van der Waals surface area contributed by atoms with Crippen LogP contribution in [0.4, 0.5) is 11.6 Å². The zero-order valence-electron chi connectivity index (χ0n) is 22.9. The molecule has 0 spiro atoms. The summed E-state index contributed by atoms with van der Waals surface area (Å²) in [7, 11) is -1.34. The number of hydrogen-bond donors (Lipinski definition) is 3. The van der Waals surface area contributed by atoms with E-state index in [2.05, 4.69) is 45.5 Å². The van der Waals surface area contributed by atoms with Crippen molar-refractivity contribution < 1.29 is 17.9 Å². The summed E-state index contributed by atoms with van der Waals surface area (Å²) in [6, 6.07) is 15.4. The van der Waals surface area contributed by atoms with Gasteiger partial charge in [0.05, 0.1) is 17.3 Å². The molecule has 0 radical (unpaired) electrons. The summed E-state index contributed by atoms with van der Waals surface area (Å²) in [4.78, 5) is 21.3. The second kappa shape index (κ2) is 11.6. The number of rotatable bonds is 10. The lowest BCUT2D eigenvalue weighted by Gasteiger charge is -2.15. The lowest BCUT2D eigenvalue weighted by Crippen LogP contribution is -2.34. The molecule has 0 bridgehead atoms. The minimum absolute atomic E-state index is 0.0906. The van der Waals surface area contributed by atoms with Gasteiger partial charge >= 0.3 is 0 Å². The molecule has 2 heterocycles. The van der Waals surface area contributed by atoms with E-state index in [1.807, 2.05) is 29.8 Å². The zero-order valence-corrected chi connectivity index (χ0v) is 23.7. The van der Waals surface area contributed by atoms with Gasteiger partial charge in [-0.05, 0) is 67.1 Å². The average molecular weight is 563 g/mol. The summed E-state index contributed by atoms with van der Waals surface area (Å²) in [5.74, 6) is 1.97. The van der Waals surface area contributed by atoms with E-state index in [1.165, 1.54) is 49.1 Å². The summed E-state index contributed by atoms with van der Waals surface area (Å²) in [5, 5.41) is 6.13. The first-order chi connectivity index (χ1) is 19.2. The molecule has 1 aliphatic carbocycles. The molecular formula is C29H34N6O4S. The van der Waals surface area contributed by atoms with Gasteiger partial charge in [-0.3, -0.25) is 9.78 Å².